The Morgan fingerprint density at radius 3 is 2.62 bits per heavy atom. The molecule has 1 aliphatic rings. The normalized spacial score (nSPS) is 15.7. The van der Waals surface area contributed by atoms with Gasteiger partial charge in [-0.25, -0.2) is 4.79 Å². The molecule has 2 aromatic carbocycles. The van der Waals surface area contributed by atoms with E-state index in [1.165, 1.54) is 11.8 Å². The molecule has 39 heavy (non-hydrogen) atoms. The number of nitrogens with one attached hydrogen (secondary N) is 1. The van der Waals surface area contributed by atoms with Gasteiger partial charge in [0, 0.05) is 29.2 Å². The number of ether oxygens (including phenoxy) is 1. The number of furan rings is 1. The van der Waals surface area contributed by atoms with Gasteiger partial charge in [-0.2, -0.15) is 0 Å². The summed E-state index contributed by atoms with van der Waals surface area (Å²) in [5.74, 6) is 0.411. The van der Waals surface area contributed by atoms with E-state index in [2.05, 4.69) is 29.8 Å². The summed E-state index contributed by atoms with van der Waals surface area (Å²) in [4.78, 5) is 39.2. The predicted molar refractivity (Wildman–Crippen MR) is 148 cm³/mol. The molecule has 4 amide bonds. The summed E-state index contributed by atoms with van der Waals surface area (Å²) in [6.07, 6.45) is 6.77. The number of barbiturate groups is 1. The minimum absolute atomic E-state index is 0.0653. The molecule has 1 N–H and O–H groups in total. The molecule has 1 aliphatic heterocycles. The molecule has 0 spiro atoms. The number of para-hydroxylation sites is 2. The lowest BCUT2D eigenvalue weighted by atomic mass is 9.98. The molecule has 5 rings (SSSR count). The molecule has 0 bridgehead atoms. The van der Waals surface area contributed by atoms with Crippen molar-refractivity contribution in [3.05, 3.63) is 95.6 Å². The molecule has 1 atom stereocenters. The maximum Gasteiger partial charge on any atom is 0.331 e. The highest BCUT2D eigenvalue weighted by atomic mass is 16.5. The van der Waals surface area contributed by atoms with E-state index in [0.717, 1.165) is 40.0 Å². The number of rotatable bonds is 10. The smallest absolute Gasteiger partial charge is 0.331 e. The molecule has 1 fully saturated rings. The number of urea groups is 1. The Hall–Kier alpha value is -4.59. The lowest BCUT2D eigenvalue weighted by Crippen LogP contribution is -2.53. The van der Waals surface area contributed by atoms with Gasteiger partial charge in [0.1, 0.15) is 17.1 Å². The van der Waals surface area contributed by atoms with Crippen LogP contribution in [0, 0.1) is 0 Å². The second-order valence-electron chi connectivity index (χ2n) is 9.63. The first-order valence-corrected chi connectivity index (χ1v) is 13.2. The summed E-state index contributed by atoms with van der Waals surface area (Å²) in [6.45, 7) is 5.56. The highest BCUT2D eigenvalue weighted by molar-refractivity contribution is 6.31. The molecule has 8 nitrogen and oxygen atoms in total. The first-order chi connectivity index (χ1) is 19.0. The average Bonchev–Trinajstić information content (AvgIpc) is 3.59. The van der Waals surface area contributed by atoms with Crippen LogP contribution in [0.1, 0.15) is 49.5 Å². The van der Waals surface area contributed by atoms with Crippen LogP contribution in [0.2, 0.25) is 0 Å². The minimum Gasteiger partial charge on any atom is -0.493 e. The van der Waals surface area contributed by atoms with Gasteiger partial charge in [0.2, 0.25) is 0 Å². The third kappa shape index (κ3) is 5.50. The Kier molecular flexibility index (Phi) is 7.63. The van der Waals surface area contributed by atoms with Crippen molar-refractivity contribution in [2.45, 2.75) is 45.7 Å². The van der Waals surface area contributed by atoms with Crippen LogP contribution in [0.25, 0.3) is 17.0 Å². The zero-order valence-electron chi connectivity index (χ0n) is 22.1. The van der Waals surface area contributed by atoms with Gasteiger partial charge >= 0.3 is 6.03 Å². The van der Waals surface area contributed by atoms with Gasteiger partial charge in [-0.15, -0.1) is 0 Å². The third-order valence-corrected chi connectivity index (χ3v) is 7.06. The van der Waals surface area contributed by atoms with E-state index in [-0.39, 0.29) is 12.1 Å². The summed E-state index contributed by atoms with van der Waals surface area (Å²) in [7, 11) is 0. The highest BCUT2D eigenvalue weighted by Crippen LogP contribution is 2.29. The van der Waals surface area contributed by atoms with E-state index < -0.39 is 17.8 Å². The van der Waals surface area contributed by atoms with Crippen molar-refractivity contribution < 1.29 is 23.5 Å². The number of fused-ring (bicyclic) bond motifs is 1. The van der Waals surface area contributed by atoms with Gasteiger partial charge in [0.25, 0.3) is 11.8 Å². The van der Waals surface area contributed by atoms with Crippen molar-refractivity contribution in [3.8, 4) is 5.75 Å². The average molecular weight is 526 g/mol. The monoisotopic (exact) mass is 525 g/mol. The lowest BCUT2D eigenvalue weighted by Gasteiger charge is -2.25. The van der Waals surface area contributed by atoms with Gasteiger partial charge in [-0.1, -0.05) is 50.2 Å². The van der Waals surface area contributed by atoms with Crippen LogP contribution in [-0.2, 0) is 22.7 Å². The molecule has 3 heterocycles. The van der Waals surface area contributed by atoms with Gasteiger partial charge in [-0.3, -0.25) is 19.8 Å². The molecule has 4 aromatic rings. The number of carbonyl (C=O) groups excluding carboxylic acids is 3. The number of aromatic nitrogens is 1. The first kappa shape index (κ1) is 26.0. The zero-order valence-corrected chi connectivity index (χ0v) is 22.1. The van der Waals surface area contributed by atoms with Crippen LogP contribution in [0.3, 0.4) is 0 Å². The highest BCUT2D eigenvalue weighted by Gasteiger charge is 2.36. The van der Waals surface area contributed by atoms with E-state index in [9.17, 15) is 14.4 Å². The van der Waals surface area contributed by atoms with Crippen molar-refractivity contribution in [1.82, 2.24) is 14.8 Å². The van der Waals surface area contributed by atoms with Gasteiger partial charge in [0.15, 0.2) is 0 Å². The van der Waals surface area contributed by atoms with Crippen LogP contribution in [0.5, 0.6) is 5.75 Å². The van der Waals surface area contributed by atoms with E-state index in [1.54, 1.807) is 18.2 Å². The Labute approximate surface area is 226 Å². The maximum absolute atomic E-state index is 13.2. The largest absolute Gasteiger partial charge is 0.493 e. The zero-order chi connectivity index (χ0) is 27.4. The first-order valence-electron chi connectivity index (χ1n) is 13.2. The summed E-state index contributed by atoms with van der Waals surface area (Å²) in [6, 6.07) is 18.6. The standard InChI is InChI=1S/C31H31N3O5/c1-3-21(2)24-11-5-7-14-28(24)39-17-9-15-33-19-22(25-12-4-6-13-27(25)33)18-26-29(35)32-31(37)34(30(26)36)20-23-10-8-16-38-23/h4-8,10-14,16,18-19,21H,3,9,15,17,20H2,1-2H3,(H,32,35,37)/b26-18-/t21-/m1/s1. The van der Waals surface area contributed by atoms with Crippen molar-refractivity contribution in [2.75, 3.05) is 6.61 Å². The Morgan fingerprint density at radius 1 is 1.03 bits per heavy atom. The molecule has 0 unspecified atom stereocenters. The van der Waals surface area contributed by atoms with Gasteiger partial charge in [0.05, 0.1) is 19.4 Å². The number of carbonyl (C=O) groups is 3. The second-order valence-corrected chi connectivity index (χ2v) is 9.63. The molecule has 8 heteroatoms. The van der Waals surface area contributed by atoms with E-state index in [0.29, 0.717) is 24.8 Å². The van der Waals surface area contributed by atoms with E-state index in [4.69, 9.17) is 9.15 Å². The number of aryl methyl sites for hydroxylation is 1. The molecule has 0 aliphatic carbocycles. The van der Waals surface area contributed by atoms with Crippen LogP contribution < -0.4 is 10.1 Å². The number of hydrogen-bond donors (Lipinski definition) is 1. The van der Waals surface area contributed by atoms with Crippen LogP contribution in [-0.4, -0.2) is 33.9 Å². The molecule has 0 saturated carbocycles. The number of amides is 4. The van der Waals surface area contributed by atoms with E-state index >= 15 is 0 Å². The molecule has 200 valence electrons. The van der Waals surface area contributed by atoms with E-state index in [1.807, 2.05) is 48.7 Å². The number of benzene rings is 2. The van der Waals surface area contributed by atoms with Gasteiger partial charge < -0.3 is 13.7 Å². The molecular weight excluding hydrogens is 494 g/mol. The van der Waals surface area contributed by atoms with Crippen LogP contribution in [0.15, 0.2) is 83.1 Å². The molecule has 0 radical (unpaired) electrons. The Morgan fingerprint density at radius 2 is 1.82 bits per heavy atom. The van der Waals surface area contributed by atoms with Crippen molar-refractivity contribution in [3.63, 3.8) is 0 Å². The summed E-state index contributed by atoms with van der Waals surface area (Å²) in [5, 5.41) is 3.17. The van der Waals surface area contributed by atoms with Crippen molar-refractivity contribution in [1.29, 1.82) is 0 Å². The molecular formula is C31H31N3O5. The Bertz CT molecular complexity index is 1530. The van der Waals surface area contributed by atoms with Crippen LogP contribution >= 0.6 is 0 Å². The van der Waals surface area contributed by atoms with Gasteiger partial charge in [-0.05, 0) is 54.7 Å². The predicted octanol–water partition coefficient (Wildman–Crippen LogP) is 5.88. The lowest BCUT2D eigenvalue weighted by molar-refractivity contribution is -0.130. The number of hydrogen-bond acceptors (Lipinski definition) is 5. The quantitative estimate of drug-likeness (QED) is 0.159. The topological polar surface area (TPSA) is 93.8 Å². The van der Waals surface area contributed by atoms with Crippen molar-refractivity contribution in [2.24, 2.45) is 0 Å². The van der Waals surface area contributed by atoms with Crippen LogP contribution in [0.4, 0.5) is 4.79 Å². The molecule has 2 aromatic heterocycles. The number of imide groups is 2. The Balaban J connectivity index is 1.34. The number of nitrogens with zero attached hydrogens (tertiary/aromatic N) is 2. The summed E-state index contributed by atoms with van der Waals surface area (Å²) >= 11 is 0. The maximum atomic E-state index is 13.2. The fourth-order valence-electron chi connectivity index (χ4n) is 4.78. The SMILES string of the molecule is CC[C@@H](C)c1ccccc1OCCCn1cc(/C=C2/C(=O)NC(=O)N(Cc3ccco3)C2=O)c2ccccc21. The van der Waals surface area contributed by atoms with Crippen molar-refractivity contribution >= 4 is 34.8 Å². The molecule has 1 saturated heterocycles. The minimum atomic E-state index is -0.768. The summed E-state index contributed by atoms with van der Waals surface area (Å²) in [5.41, 5.74) is 2.82. The third-order valence-electron chi connectivity index (χ3n) is 7.06. The summed E-state index contributed by atoms with van der Waals surface area (Å²) < 4.78 is 13.5. The second kappa shape index (κ2) is 11.4. The fourth-order valence-corrected chi connectivity index (χ4v) is 4.78. The fraction of sp³-hybridized carbons (Fsp3) is 0.258.